The third-order valence-electron chi connectivity index (χ3n) is 5.04. The Labute approximate surface area is 131 Å². The van der Waals surface area contributed by atoms with Gasteiger partial charge in [-0.15, -0.1) is 0 Å². The molecular formula is C17H24ClNO2. The minimum Gasteiger partial charge on any atom is -0.491 e. The van der Waals surface area contributed by atoms with Gasteiger partial charge in [0.25, 0.3) is 0 Å². The maximum Gasteiger partial charge on any atom is 0.179 e. The summed E-state index contributed by atoms with van der Waals surface area (Å²) in [7, 11) is 1.64. The molecule has 2 aliphatic carbocycles. The van der Waals surface area contributed by atoms with Crippen LogP contribution in [0.1, 0.15) is 51.0 Å². The van der Waals surface area contributed by atoms with Gasteiger partial charge < -0.3 is 15.2 Å². The number of ether oxygens (including phenoxy) is 2. The van der Waals surface area contributed by atoms with Crippen molar-refractivity contribution in [1.82, 2.24) is 0 Å². The molecule has 2 saturated carbocycles. The fourth-order valence-corrected chi connectivity index (χ4v) is 3.76. The van der Waals surface area contributed by atoms with Gasteiger partial charge in [0, 0.05) is 11.5 Å². The van der Waals surface area contributed by atoms with E-state index in [4.69, 9.17) is 26.8 Å². The zero-order valence-electron chi connectivity index (χ0n) is 12.8. The van der Waals surface area contributed by atoms with E-state index in [9.17, 15) is 0 Å². The average Bonchev–Trinajstić information content (AvgIpc) is 3.11. The molecule has 0 amide bonds. The second-order valence-corrected chi connectivity index (χ2v) is 6.87. The standard InChI is InChI=1S/C17H24ClNO2/c1-11(19)17(7-8-17)12-9-14(18)16(20-2)15(10-12)21-13-5-3-4-6-13/h9-11,13H,3-8,19H2,1-2H3. The van der Waals surface area contributed by atoms with Crippen LogP contribution in [0.25, 0.3) is 0 Å². The highest BCUT2D eigenvalue weighted by atomic mass is 35.5. The molecule has 0 aromatic heterocycles. The van der Waals surface area contributed by atoms with Crippen LogP contribution in [-0.2, 0) is 5.41 Å². The number of hydrogen-bond donors (Lipinski definition) is 1. The highest BCUT2D eigenvalue weighted by Crippen LogP contribution is 2.53. The van der Waals surface area contributed by atoms with Gasteiger partial charge in [-0.05, 0) is 63.1 Å². The molecule has 0 bridgehead atoms. The third-order valence-corrected chi connectivity index (χ3v) is 5.33. The molecule has 2 N–H and O–H groups in total. The summed E-state index contributed by atoms with van der Waals surface area (Å²) in [6.07, 6.45) is 7.24. The summed E-state index contributed by atoms with van der Waals surface area (Å²) in [6.45, 7) is 2.07. The summed E-state index contributed by atoms with van der Waals surface area (Å²) in [6, 6.07) is 4.22. The quantitative estimate of drug-likeness (QED) is 0.892. The van der Waals surface area contributed by atoms with Crippen molar-refractivity contribution in [3.63, 3.8) is 0 Å². The minimum atomic E-state index is 0.0731. The molecule has 1 unspecified atom stereocenters. The van der Waals surface area contributed by atoms with Crippen molar-refractivity contribution in [1.29, 1.82) is 0 Å². The van der Waals surface area contributed by atoms with Crippen molar-refractivity contribution in [3.8, 4) is 11.5 Å². The van der Waals surface area contributed by atoms with Gasteiger partial charge in [0.05, 0.1) is 18.2 Å². The molecule has 2 fully saturated rings. The Morgan fingerprint density at radius 1 is 1.29 bits per heavy atom. The lowest BCUT2D eigenvalue weighted by Gasteiger charge is -2.23. The fraction of sp³-hybridized carbons (Fsp3) is 0.647. The van der Waals surface area contributed by atoms with Gasteiger partial charge in [-0.3, -0.25) is 0 Å². The van der Waals surface area contributed by atoms with Crippen LogP contribution in [0.5, 0.6) is 11.5 Å². The first-order valence-electron chi connectivity index (χ1n) is 7.87. The zero-order valence-corrected chi connectivity index (χ0v) is 13.6. The van der Waals surface area contributed by atoms with E-state index < -0.39 is 0 Å². The Morgan fingerprint density at radius 3 is 2.48 bits per heavy atom. The first-order valence-corrected chi connectivity index (χ1v) is 8.25. The van der Waals surface area contributed by atoms with Crippen LogP contribution in [0, 0.1) is 0 Å². The van der Waals surface area contributed by atoms with Crippen molar-refractivity contribution >= 4 is 11.6 Å². The SMILES string of the molecule is COc1c(Cl)cc(C2(C(C)N)CC2)cc1OC1CCCC1. The number of methoxy groups -OCH3 is 1. The van der Waals surface area contributed by atoms with Gasteiger partial charge in [-0.2, -0.15) is 0 Å². The maximum absolute atomic E-state index is 6.41. The van der Waals surface area contributed by atoms with Gasteiger partial charge in [0.15, 0.2) is 11.5 Å². The summed E-state index contributed by atoms with van der Waals surface area (Å²) in [4.78, 5) is 0. The highest BCUT2D eigenvalue weighted by molar-refractivity contribution is 6.32. The average molecular weight is 310 g/mol. The molecule has 2 aliphatic rings. The van der Waals surface area contributed by atoms with Crippen molar-refractivity contribution < 1.29 is 9.47 Å². The van der Waals surface area contributed by atoms with Crippen molar-refractivity contribution in [3.05, 3.63) is 22.7 Å². The molecule has 116 valence electrons. The van der Waals surface area contributed by atoms with Crippen molar-refractivity contribution in [2.24, 2.45) is 5.73 Å². The first-order chi connectivity index (χ1) is 10.1. The lowest BCUT2D eigenvalue weighted by Crippen LogP contribution is -2.31. The lowest BCUT2D eigenvalue weighted by molar-refractivity contribution is 0.200. The second-order valence-electron chi connectivity index (χ2n) is 6.46. The van der Waals surface area contributed by atoms with Crippen LogP contribution in [0.15, 0.2) is 12.1 Å². The molecule has 0 aliphatic heterocycles. The van der Waals surface area contributed by atoms with Gasteiger partial charge in [0.2, 0.25) is 0 Å². The van der Waals surface area contributed by atoms with Crippen molar-refractivity contribution in [2.45, 2.75) is 63.0 Å². The molecule has 0 spiro atoms. The van der Waals surface area contributed by atoms with Gasteiger partial charge >= 0.3 is 0 Å². The maximum atomic E-state index is 6.41. The number of benzene rings is 1. The van der Waals surface area contributed by atoms with E-state index in [-0.39, 0.29) is 17.6 Å². The van der Waals surface area contributed by atoms with Gasteiger partial charge in [-0.1, -0.05) is 11.6 Å². The molecule has 3 nitrogen and oxygen atoms in total. The summed E-state index contributed by atoms with van der Waals surface area (Å²) < 4.78 is 11.6. The van der Waals surface area contributed by atoms with E-state index in [2.05, 4.69) is 13.0 Å². The Hall–Kier alpha value is -0.930. The molecule has 0 heterocycles. The summed E-state index contributed by atoms with van der Waals surface area (Å²) >= 11 is 6.41. The number of nitrogens with two attached hydrogens (primary N) is 1. The largest absolute Gasteiger partial charge is 0.491 e. The normalized spacial score (nSPS) is 22.1. The predicted molar refractivity (Wildman–Crippen MR) is 85.4 cm³/mol. The number of halogens is 1. The Balaban J connectivity index is 1.94. The van der Waals surface area contributed by atoms with E-state index in [1.54, 1.807) is 7.11 Å². The smallest absolute Gasteiger partial charge is 0.179 e. The zero-order chi connectivity index (χ0) is 15.0. The van der Waals surface area contributed by atoms with Crippen LogP contribution >= 0.6 is 11.6 Å². The van der Waals surface area contributed by atoms with Crippen LogP contribution in [0.3, 0.4) is 0 Å². The molecule has 1 atom stereocenters. The van der Waals surface area contributed by atoms with E-state index in [1.807, 2.05) is 6.07 Å². The van der Waals surface area contributed by atoms with Crippen LogP contribution in [0.4, 0.5) is 0 Å². The molecule has 0 radical (unpaired) electrons. The first kappa shape index (κ1) is 15.0. The van der Waals surface area contributed by atoms with Crippen LogP contribution < -0.4 is 15.2 Å². The van der Waals surface area contributed by atoms with Gasteiger partial charge in [-0.25, -0.2) is 0 Å². The summed E-state index contributed by atoms with van der Waals surface area (Å²) in [5, 5.41) is 0.620. The fourth-order valence-electron chi connectivity index (χ4n) is 3.47. The summed E-state index contributed by atoms with van der Waals surface area (Å²) in [5.41, 5.74) is 7.45. The Morgan fingerprint density at radius 2 is 1.95 bits per heavy atom. The predicted octanol–water partition coefficient (Wildman–Crippen LogP) is 4.05. The Kier molecular flexibility index (Phi) is 4.06. The van der Waals surface area contributed by atoms with E-state index in [0.29, 0.717) is 10.8 Å². The molecule has 1 aromatic carbocycles. The second kappa shape index (κ2) is 5.69. The van der Waals surface area contributed by atoms with E-state index >= 15 is 0 Å². The van der Waals surface area contributed by atoms with Crippen LogP contribution in [0.2, 0.25) is 5.02 Å². The van der Waals surface area contributed by atoms with Crippen LogP contribution in [-0.4, -0.2) is 19.3 Å². The van der Waals surface area contributed by atoms with Crippen molar-refractivity contribution in [2.75, 3.05) is 7.11 Å². The number of hydrogen-bond acceptors (Lipinski definition) is 3. The topological polar surface area (TPSA) is 44.5 Å². The lowest BCUT2D eigenvalue weighted by atomic mass is 9.89. The Bertz CT molecular complexity index is 520. The number of rotatable bonds is 5. The molecular weight excluding hydrogens is 286 g/mol. The molecule has 3 rings (SSSR count). The third kappa shape index (κ3) is 2.74. The highest BCUT2D eigenvalue weighted by Gasteiger charge is 2.48. The molecule has 1 aromatic rings. The van der Waals surface area contributed by atoms with E-state index in [0.717, 1.165) is 31.4 Å². The molecule has 0 saturated heterocycles. The molecule has 21 heavy (non-hydrogen) atoms. The monoisotopic (exact) mass is 309 g/mol. The van der Waals surface area contributed by atoms with Gasteiger partial charge in [0.1, 0.15) is 0 Å². The minimum absolute atomic E-state index is 0.0731. The molecule has 4 heteroatoms. The summed E-state index contributed by atoms with van der Waals surface area (Å²) in [5.74, 6) is 1.42. The van der Waals surface area contributed by atoms with E-state index in [1.165, 1.54) is 18.4 Å².